The van der Waals surface area contributed by atoms with Crippen LogP contribution in [0.4, 0.5) is 0 Å². The predicted octanol–water partition coefficient (Wildman–Crippen LogP) is 2.42. The average molecular weight is 228 g/mol. The number of carbonyl (C=O) groups is 1. The van der Waals surface area contributed by atoms with Crippen molar-refractivity contribution in [2.75, 3.05) is 5.75 Å². The summed E-state index contributed by atoms with van der Waals surface area (Å²) in [5.41, 5.74) is 0.841. The Morgan fingerprint density at radius 1 is 1.67 bits per heavy atom. The molecule has 1 aromatic heterocycles. The van der Waals surface area contributed by atoms with Crippen LogP contribution in [-0.4, -0.2) is 26.4 Å². The van der Waals surface area contributed by atoms with Crippen molar-refractivity contribution in [3.8, 4) is 0 Å². The van der Waals surface area contributed by atoms with Crippen LogP contribution in [-0.2, 0) is 5.75 Å². The first kappa shape index (κ1) is 12.1. The molecule has 0 aromatic carbocycles. The second-order valence-electron chi connectivity index (χ2n) is 3.50. The molecule has 0 saturated heterocycles. The highest BCUT2D eigenvalue weighted by Gasteiger charge is 2.16. The molecule has 0 saturated carbocycles. The third-order valence-electron chi connectivity index (χ3n) is 1.98. The summed E-state index contributed by atoms with van der Waals surface area (Å²) in [6, 6.07) is 0.129. The minimum Gasteiger partial charge on any atom is -0.475 e. The molecule has 0 spiro atoms. The molecular weight excluding hydrogens is 212 g/mol. The standard InChI is InChI=1S/C10H16N2O2S/c1-4-15-6-8-5-12(7(2)3)9(11-8)10(13)14/h5,7H,4,6H2,1-3H3,(H,13,14). The van der Waals surface area contributed by atoms with E-state index in [4.69, 9.17) is 5.11 Å². The summed E-state index contributed by atoms with van der Waals surface area (Å²) in [4.78, 5) is 15.0. The van der Waals surface area contributed by atoms with Crippen LogP contribution >= 0.6 is 11.8 Å². The Kier molecular flexibility index (Phi) is 4.20. The third-order valence-corrected chi connectivity index (χ3v) is 2.89. The normalized spacial score (nSPS) is 10.9. The lowest BCUT2D eigenvalue weighted by atomic mass is 10.4. The van der Waals surface area contributed by atoms with Gasteiger partial charge in [0.05, 0.1) is 5.69 Å². The number of imidazole rings is 1. The highest BCUT2D eigenvalue weighted by molar-refractivity contribution is 7.98. The number of rotatable bonds is 5. The molecule has 1 aromatic rings. The van der Waals surface area contributed by atoms with Gasteiger partial charge in [-0.25, -0.2) is 9.78 Å². The van der Waals surface area contributed by atoms with E-state index in [1.54, 1.807) is 16.3 Å². The molecule has 0 fully saturated rings. The molecule has 0 aliphatic heterocycles. The van der Waals surface area contributed by atoms with E-state index < -0.39 is 5.97 Å². The molecular formula is C10H16N2O2S. The van der Waals surface area contributed by atoms with Crippen LogP contribution in [0.1, 0.15) is 43.1 Å². The van der Waals surface area contributed by atoms with Gasteiger partial charge in [-0.1, -0.05) is 6.92 Å². The third kappa shape index (κ3) is 2.99. The van der Waals surface area contributed by atoms with Crippen LogP contribution in [0.5, 0.6) is 0 Å². The zero-order valence-electron chi connectivity index (χ0n) is 9.23. The van der Waals surface area contributed by atoms with E-state index in [0.717, 1.165) is 17.2 Å². The van der Waals surface area contributed by atoms with Gasteiger partial charge < -0.3 is 9.67 Å². The molecule has 1 rings (SSSR count). The topological polar surface area (TPSA) is 55.1 Å². The van der Waals surface area contributed by atoms with Gasteiger partial charge in [-0.15, -0.1) is 0 Å². The Morgan fingerprint density at radius 2 is 2.33 bits per heavy atom. The van der Waals surface area contributed by atoms with Crippen LogP contribution in [0.3, 0.4) is 0 Å². The van der Waals surface area contributed by atoms with Crippen molar-refractivity contribution in [1.82, 2.24) is 9.55 Å². The van der Waals surface area contributed by atoms with Gasteiger partial charge in [0.15, 0.2) is 0 Å². The van der Waals surface area contributed by atoms with Crippen LogP contribution in [0.25, 0.3) is 0 Å². The molecule has 1 heterocycles. The van der Waals surface area contributed by atoms with E-state index in [2.05, 4.69) is 11.9 Å². The largest absolute Gasteiger partial charge is 0.475 e. The van der Waals surface area contributed by atoms with Gasteiger partial charge in [0, 0.05) is 18.0 Å². The summed E-state index contributed by atoms with van der Waals surface area (Å²) < 4.78 is 1.70. The lowest BCUT2D eigenvalue weighted by Crippen LogP contribution is -2.10. The number of carboxylic acid groups (broad SMARTS) is 1. The van der Waals surface area contributed by atoms with Gasteiger partial charge in [0.1, 0.15) is 0 Å². The average Bonchev–Trinajstić information content (AvgIpc) is 2.58. The van der Waals surface area contributed by atoms with Crippen molar-refractivity contribution in [3.05, 3.63) is 17.7 Å². The van der Waals surface area contributed by atoms with Crippen molar-refractivity contribution in [3.63, 3.8) is 0 Å². The number of nitrogens with zero attached hydrogens (tertiary/aromatic N) is 2. The van der Waals surface area contributed by atoms with Crippen LogP contribution in [0, 0.1) is 0 Å². The maximum absolute atomic E-state index is 10.9. The summed E-state index contributed by atoms with van der Waals surface area (Å²) >= 11 is 1.74. The maximum atomic E-state index is 10.9. The molecule has 0 unspecified atom stereocenters. The smallest absolute Gasteiger partial charge is 0.372 e. The molecule has 0 radical (unpaired) electrons. The summed E-state index contributed by atoms with van der Waals surface area (Å²) in [5, 5.41) is 8.96. The molecule has 5 heteroatoms. The number of aromatic nitrogens is 2. The van der Waals surface area contributed by atoms with Gasteiger partial charge in [0.25, 0.3) is 0 Å². The fourth-order valence-corrected chi connectivity index (χ4v) is 1.82. The molecule has 0 atom stereocenters. The lowest BCUT2D eigenvalue weighted by Gasteiger charge is -2.07. The number of hydrogen-bond acceptors (Lipinski definition) is 3. The minimum absolute atomic E-state index is 0.129. The summed E-state index contributed by atoms with van der Waals surface area (Å²) in [7, 11) is 0. The second kappa shape index (κ2) is 5.21. The van der Waals surface area contributed by atoms with E-state index in [1.165, 1.54) is 0 Å². The minimum atomic E-state index is -0.962. The van der Waals surface area contributed by atoms with E-state index >= 15 is 0 Å². The molecule has 15 heavy (non-hydrogen) atoms. The van der Waals surface area contributed by atoms with E-state index in [9.17, 15) is 4.79 Å². The first-order valence-corrected chi connectivity index (χ1v) is 6.10. The molecule has 0 amide bonds. The Balaban J connectivity index is 2.93. The Morgan fingerprint density at radius 3 is 2.73 bits per heavy atom. The molecule has 1 N–H and O–H groups in total. The number of aromatic carboxylic acids is 1. The molecule has 0 bridgehead atoms. The monoisotopic (exact) mass is 228 g/mol. The first-order valence-electron chi connectivity index (χ1n) is 4.95. The summed E-state index contributed by atoms with van der Waals surface area (Å²) in [6.45, 7) is 5.97. The molecule has 0 aliphatic carbocycles. The fourth-order valence-electron chi connectivity index (χ4n) is 1.27. The zero-order valence-corrected chi connectivity index (χ0v) is 10.0. The Labute approximate surface area is 93.7 Å². The maximum Gasteiger partial charge on any atom is 0.372 e. The number of carboxylic acids is 1. The van der Waals surface area contributed by atoms with Crippen molar-refractivity contribution >= 4 is 17.7 Å². The number of hydrogen-bond donors (Lipinski definition) is 1. The van der Waals surface area contributed by atoms with Gasteiger partial charge in [-0.05, 0) is 19.6 Å². The van der Waals surface area contributed by atoms with Crippen molar-refractivity contribution < 1.29 is 9.90 Å². The Bertz CT molecular complexity index is 347. The Hall–Kier alpha value is -0.970. The molecule has 84 valence electrons. The van der Waals surface area contributed by atoms with Gasteiger partial charge in [-0.2, -0.15) is 11.8 Å². The van der Waals surface area contributed by atoms with Crippen molar-refractivity contribution in [1.29, 1.82) is 0 Å². The highest BCUT2D eigenvalue weighted by atomic mass is 32.2. The summed E-state index contributed by atoms with van der Waals surface area (Å²) in [6.07, 6.45) is 1.83. The van der Waals surface area contributed by atoms with Crippen LogP contribution in [0.15, 0.2) is 6.20 Å². The zero-order chi connectivity index (χ0) is 11.4. The van der Waals surface area contributed by atoms with Crippen LogP contribution < -0.4 is 0 Å². The highest BCUT2D eigenvalue weighted by Crippen LogP contribution is 2.15. The van der Waals surface area contributed by atoms with E-state index in [-0.39, 0.29) is 11.9 Å². The van der Waals surface area contributed by atoms with Gasteiger partial charge in [-0.3, -0.25) is 0 Å². The van der Waals surface area contributed by atoms with Gasteiger partial charge >= 0.3 is 5.97 Å². The van der Waals surface area contributed by atoms with E-state index in [0.29, 0.717) is 0 Å². The quantitative estimate of drug-likeness (QED) is 0.840. The molecule has 4 nitrogen and oxygen atoms in total. The predicted molar refractivity (Wildman–Crippen MR) is 61.4 cm³/mol. The second-order valence-corrected chi connectivity index (χ2v) is 4.77. The first-order chi connectivity index (χ1) is 7.06. The molecule has 0 aliphatic rings. The number of thioether (sulfide) groups is 1. The van der Waals surface area contributed by atoms with Gasteiger partial charge in [0.2, 0.25) is 5.82 Å². The van der Waals surface area contributed by atoms with Crippen LogP contribution in [0.2, 0.25) is 0 Å². The fraction of sp³-hybridized carbons (Fsp3) is 0.600. The van der Waals surface area contributed by atoms with E-state index in [1.807, 2.05) is 20.0 Å². The summed E-state index contributed by atoms with van der Waals surface area (Å²) in [5.74, 6) is 0.959. The van der Waals surface area contributed by atoms with Crippen molar-refractivity contribution in [2.24, 2.45) is 0 Å². The SMILES string of the molecule is CCSCc1cn(C(C)C)c(C(=O)O)n1. The van der Waals surface area contributed by atoms with Crippen molar-refractivity contribution in [2.45, 2.75) is 32.6 Å². The lowest BCUT2D eigenvalue weighted by molar-refractivity contribution is 0.0676.